The second-order valence-electron chi connectivity index (χ2n) is 7.79. The molecule has 1 saturated heterocycles. The molecule has 0 bridgehead atoms. The lowest BCUT2D eigenvalue weighted by molar-refractivity contribution is -0.123. The van der Waals surface area contributed by atoms with Gasteiger partial charge in [0.15, 0.2) is 0 Å². The molecular weight excluding hydrogens is 356 g/mol. The van der Waals surface area contributed by atoms with Gasteiger partial charge >= 0.3 is 0 Å². The lowest BCUT2D eigenvalue weighted by Gasteiger charge is -2.34. The summed E-state index contributed by atoms with van der Waals surface area (Å²) in [5.74, 6) is 0.249. The van der Waals surface area contributed by atoms with E-state index in [0.29, 0.717) is 38.3 Å². The highest BCUT2D eigenvalue weighted by molar-refractivity contribution is 5.96. The number of amides is 3. The molecule has 2 aliphatic rings. The normalized spacial score (nSPS) is 18.4. The average Bonchev–Trinajstić information content (AvgIpc) is 3.54. The Kier molecular flexibility index (Phi) is 6.67. The van der Waals surface area contributed by atoms with Gasteiger partial charge in [-0.3, -0.25) is 19.3 Å². The summed E-state index contributed by atoms with van der Waals surface area (Å²) in [5, 5.41) is 5.86. The Bertz CT molecular complexity index is 707. The monoisotopic (exact) mass is 386 g/mol. The number of nitrogens with one attached hydrogen (secondary N) is 2. The zero-order valence-corrected chi connectivity index (χ0v) is 16.7. The Morgan fingerprint density at radius 2 is 1.71 bits per heavy atom. The van der Waals surface area contributed by atoms with Crippen molar-refractivity contribution < 1.29 is 14.4 Å². The summed E-state index contributed by atoms with van der Waals surface area (Å²) in [6.07, 6.45) is 2.85. The minimum atomic E-state index is -0.0104. The van der Waals surface area contributed by atoms with Gasteiger partial charge in [-0.25, -0.2) is 0 Å². The third-order valence-electron chi connectivity index (χ3n) is 5.39. The van der Waals surface area contributed by atoms with Crippen molar-refractivity contribution in [3.63, 3.8) is 0 Å². The Balaban J connectivity index is 1.45. The molecule has 1 atom stereocenters. The third-order valence-corrected chi connectivity index (χ3v) is 5.39. The van der Waals surface area contributed by atoms with Crippen LogP contribution in [0.5, 0.6) is 0 Å². The van der Waals surface area contributed by atoms with Crippen molar-refractivity contribution in [2.45, 2.75) is 39.2 Å². The summed E-state index contributed by atoms with van der Waals surface area (Å²) in [6.45, 7) is 7.01. The molecule has 28 heavy (non-hydrogen) atoms. The fourth-order valence-electron chi connectivity index (χ4n) is 3.20. The molecule has 0 radical (unpaired) electrons. The summed E-state index contributed by atoms with van der Waals surface area (Å²) >= 11 is 0. The number of rotatable bonds is 7. The minimum absolute atomic E-state index is 0.0104. The van der Waals surface area contributed by atoms with Crippen LogP contribution in [0.25, 0.3) is 0 Å². The highest BCUT2D eigenvalue weighted by Gasteiger charge is 2.29. The molecule has 7 heteroatoms. The van der Waals surface area contributed by atoms with Gasteiger partial charge in [0.05, 0.1) is 6.54 Å². The average molecular weight is 386 g/mol. The largest absolute Gasteiger partial charge is 0.353 e. The maximum Gasteiger partial charge on any atom is 0.253 e. The first-order valence-corrected chi connectivity index (χ1v) is 10.2. The first kappa shape index (κ1) is 20.3. The number of carbonyl (C=O) groups is 3. The molecule has 1 aliphatic heterocycles. The fraction of sp³-hybridized carbons (Fsp3) is 0.571. The molecule has 1 unspecified atom stereocenters. The van der Waals surface area contributed by atoms with Gasteiger partial charge in [0, 0.05) is 49.4 Å². The number of hydrogen-bond acceptors (Lipinski definition) is 4. The van der Waals surface area contributed by atoms with Crippen molar-refractivity contribution in [3.8, 4) is 0 Å². The van der Waals surface area contributed by atoms with E-state index in [2.05, 4.69) is 15.5 Å². The topological polar surface area (TPSA) is 81.8 Å². The van der Waals surface area contributed by atoms with Crippen LogP contribution >= 0.6 is 0 Å². The molecule has 1 saturated carbocycles. The molecule has 1 heterocycles. The molecule has 152 valence electrons. The van der Waals surface area contributed by atoms with Gasteiger partial charge in [-0.2, -0.15) is 0 Å². The molecule has 2 fully saturated rings. The van der Waals surface area contributed by atoms with E-state index in [4.69, 9.17) is 0 Å². The maximum atomic E-state index is 12.7. The first-order valence-electron chi connectivity index (χ1n) is 10.2. The summed E-state index contributed by atoms with van der Waals surface area (Å²) in [6, 6.07) is 7.27. The molecule has 3 rings (SSSR count). The van der Waals surface area contributed by atoms with Gasteiger partial charge in [-0.05, 0) is 50.5 Å². The van der Waals surface area contributed by atoms with Gasteiger partial charge in [0.2, 0.25) is 11.8 Å². The quantitative estimate of drug-likeness (QED) is 0.747. The third kappa shape index (κ3) is 5.55. The molecule has 3 amide bonds. The Labute approximate surface area is 166 Å². The highest BCUT2D eigenvalue weighted by Crippen LogP contribution is 2.30. The van der Waals surface area contributed by atoms with Crippen molar-refractivity contribution in [3.05, 3.63) is 29.8 Å². The summed E-state index contributed by atoms with van der Waals surface area (Å²) in [4.78, 5) is 40.4. The van der Waals surface area contributed by atoms with E-state index >= 15 is 0 Å². The van der Waals surface area contributed by atoms with Crippen molar-refractivity contribution in [2.24, 2.45) is 5.92 Å². The van der Waals surface area contributed by atoms with Gasteiger partial charge in [0.25, 0.3) is 5.91 Å². The second-order valence-corrected chi connectivity index (χ2v) is 7.79. The van der Waals surface area contributed by atoms with Crippen molar-refractivity contribution in [1.82, 2.24) is 15.1 Å². The number of nitrogens with zero attached hydrogens (tertiary/aromatic N) is 2. The maximum absolute atomic E-state index is 12.7. The standard InChI is InChI=1S/C21H30N4O3/c1-3-15(2)22-19(26)14-24-10-12-25(13-11-24)21(28)17-6-8-18(9-7-17)23-20(27)16-4-5-16/h6-9,15-16H,3-5,10-14H2,1-2H3,(H,22,26)(H,23,27). The van der Waals surface area contributed by atoms with Crippen molar-refractivity contribution >= 4 is 23.4 Å². The van der Waals surface area contributed by atoms with Crippen LogP contribution in [0.3, 0.4) is 0 Å². The Morgan fingerprint density at radius 1 is 1.07 bits per heavy atom. The van der Waals surface area contributed by atoms with E-state index in [-0.39, 0.29) is 29.7 Å². The lowest BCUT2D eigenvalue weighted by Crippen LogP contribution is -2.51. The van der Waals surface area contributed by atoms with Crippen LogP contribution < -0.4 is 10.6 Å². The number of benzene rings is 1. The molecule has 1 aliphatic carbocycles. The Hall–Kier alpha value is -2.41. The fourth-order valence-corrected chi connectivity index (χ4v) is 3.20. The van der Waals surface area contributed by atoms with E-state index in [1.54, 1.807) is 24.3 Å². The van der Waals surface area contributed by atoms with Gasteiger partial charge in [0.1, 0.15) is 0 Å². The molecule has 0 aromatic heterocycles. The first-order chi connectivity index (χ1) is 13.5. The van der Waals surface area contributed by atoms with Crippen LogP contribution in [0.2, 0.25) is 0 Å². The van der Waals surface area contributed by atoms with E-state index in [0.717, 1.165) is 24.9 Å². The second kappa shape index (κ2) is 9.19. The number of piperazine rings is 1. The van der Waals surface area contributed by atoms with Crippen LogP contribution in [-0.2, 0) is 9.59 Å². The highest BCUT2D eigenvalue weighted by atomic mass is 16.2. The van der Waals surface area contributed by atoms with Gasteiger partial charge < -0.3 is 15.5 Å². The van der Waals surface area contributed by atoms with Crippen LogP contribution in [0.4, 0.5) is 5.69 Å². The van der Waals surface area contributed by atoms with Crippen LogP contribution in [0, 0.1) is 5.92 Å². The summed E-state index contributed by atoms with van der Waals surface area (Å²) < 4.78 is 0. The molecule has 1 aromatic rings. The zero-order valence-electron chi connectivity index (χ0n) is 16.7. The smallest absolute Gasteiger partial charge is 0.253 e. The van der Waals surface area contributed by atoms with Crippen molar-refractivity contribution in [2.75, 3.05) is 38.0 Å². The number of hydrogen-bond donors (Lipinski definition) is 2. The predicted octanol–water partition coefficient (Wildman–Crippen LogP) is 1.71. The van der Waals surface area contributed by atoms with Crippen molar-refractivity contribution in [1.29, 1.82) is 0 Å². The van der Waals surface area contributed by atoms with E-state index in [1.807, 2.05) is 18.7 Å². The molecule has 2 N–H and O–H groups in total. The van der Waals surface area contributed by atoms with E-state index in [9.17, 15) is 14.4 Å². The van der Waals surface area contributed by atoms with E-state index < -0.39 is 0 Å². The number of anilines is 1. The number of carbonyl (C=O) groups excluding carboxylic acids is 3. The van der Waals surface area contributed by atoms with E-state index in [1.165, 1.54) is 0 Å². The zero-order chi connectivity index (χ0) is 20.1. The van der Waals surface area contributed by atoms with Gasteiger partial charge in [-0.15, -0.1) is 0 Å². The van der Waals surface area contributed by atoms with Crippen LogP contribution in [0.1, 0.15) is 43.5 Å². The van der Waals surface area contributed by atoms with Gasteiger partial charge in [-0.1, -0.05) is 6.92 Å². The summed E-state index contributed by atoms with van der Waals surface area (Å²) in [7, 11) is 0. The lowest BCUT2D eigenvalue weighted by atomic mass is 10.1. The Morgan fingerprint density at radius 3 is 2.29 bits per heavy atom. The SMILES string of the molecule is CCC(C)NC(=O)CN1CCN(C(=O)c2ccc(NC(=O)C3CC3)cc2)CC1. The van der Waals surface area contributed by atoms with Crippen LogP contribution in [0.15, 0.2) is 24.3 Å². The molecule has 1 aromatic carbocycles. The molecule has 7 nitrogen and oxygen atoms in total. The summed E-state index contributed by atoms with van der Waals surface area (Å²) in [5.41, 5.74) is 1.35. The molecule has 0 spiro atoms. The van der Waals surface area contributed by atoms with Crippen LogP contribution in [-0.4, -0.2) is 66.3 Å². The predicted molar refractivity (Wildman–Crippen MR) is 108 cm³/mol. The molecular formula is C21H30N4O3. The minimum Gasteiger partial charge on any atom is -0.353 e.